The van der Waals surface area contributed by atoms with Crippen LogP contribution in [0.25, 0.3) is 5.57 Å². The van der Waals surface area contributed by atoms with Crippen LogP contribution in [0.4, 0.5) is 26.3 Å². The maximum atomic E-state index is 13.5. The molecule has 0 N–H and O–H groups in total. The fourth-order valence-electron chi connectivity index (χ4n) is 5.16. The lowest BCUT2D eigenvalue weighted by atomic mass is 9.92. The normalized spacial score (nSPS) is 21.6. The summed E-state index contributed by atoms with van der Waals surface area (Å²) in [5.41, 5.74) is 1.61. The van der Waals surface area contributed by atoms with Crippen LogP contribution in [0.3, 0.4) is 0 Å². The number of allylic oxidation sites excluding steroid dienone is 2. The standard InChI is InChI=1S/C27H29F6N2O/c1-18-6-4-5-7-23(18)24-15-25(34-8-10-36-11-9-34)35(3,16-19(24)2)17-20-12-21(26(28,29)30)14-22(13-20)27(31,32)33/h4-7,12-15H,8-11,16-17H2,1-3H3/q+1. The molecule has 0 saturated carbocycles. The molecule has 0 aliphatic carbocycles. The highest BCUT2D eigenvalue weighted by Gasteiger charge is 2.41. The van der Waals surface area contributed by atoms with Crippen LogP contribution in [0.5, 0.6) is 0 Å². The number of morpholine rings is 1. The molecular formula is C27H29F6N2O+. The average Bonchev–Trinajstić information content (AvgIpc) is 2.79. The van der Waals surface area contributed by atoms with Crippen LogP contribution in [-0.4, -0.2) is 49.3 Å². The largest absolute Gasteiger partial charge is 0.416 e. The van der Waals surface area contributed by atoms with E-state index in [1.807, 2.05) is 51.2 Å². The number of alkyl halides is 6. The lowest BCUT2D eigenvalue weighted by molar-refractivity contribution is -0.890. The minimum atomic E-state index is -4.88. The van der Waals surface area contributed by atoms with Gasteiger partial charge in [0.05, 0.1) is 31.4 Å². The minimum absolute atomic E-state index is 0.00838. The molecule has 0 bridgehead atoms. The van der Waals surface area contributed by atoms with Crippen molar-refractivity contribution in [3.05, 3.63) is 87.8 Å². The van der Waals surface area contributed by atoms with Gasteiger partial charge in [0.2, 0.25) is 5.82 Å². The van der Waals surface area contributed by atoms with E-state index in [9.17, 15) is 26.3 Å². The first-order valence-corrected chi connectivity index (χ1v) is 11.7. The lowest BCUT2D eigenvalue weighted by Crippen LogP contribution is -2.53. The molecular weight excluding hydrogens is 482 g/mol. The summed E-state index contributed by atoms with van der Waals surface area (Å²) in [5.74, 6) is 0.855. The predicted molar refractivity (Wildman–Crippen MR) is 125 cm³/mol. The summed E-state index contributed by atoms with van der Waals surface area (Å²) in [7, 11) is 1.87. The summed E-state index contributed by atoms with van der Waals surface area (Å²) in [6.07, 6.45) is -7.72. The molecule has 0 amide bonds. The van der Waals surface area contributed by atoms with Gasteiger partial charge in [-0.1, -0.05) is 24.3 Å². The monoisotopic (exact) mass is 511 g/mol. The van der Waals surface area contributed by atoms with Crippen molar-refractivity contribution in [2.75, 3.05) is 39.9 Å². The van der Waals surface area contributed by atoms with E-state index in [1.165, 1.54) is 0 Å². The first kappa shape index (κ1) is 26.3. The predicted octanol–water partition coefficient (Wildman–Crippen LogP) is 6.64. The third-order valence-electron chi connectivity index (χ3n) is 6.82. The minimum Gasteiger partial charge on any atom is -0.378 e. The number of hydrogen-bond donors (Lipinski definition) is 0. The smallest absolute Gasteiger partial charge is 0.378 e. The van der Waals surface area contributed by atoms with E-state index in [2.05, 4.69) is 4.90 Å². The Kier molecular flexibility index (Phi) is 7.00. The Labute approximate surface area is 206 Å². The van der Waals surface area contributed by atoms with Gasteiger partial charge in [-0.25, -0.2) is 0 Å². The van der Waals surface area contributed by atoms with Gasteiger partial charge < -0.3 is 9.64 Å². The van der Waals surface area contributed by atoms with E-state index in [-0.39, 0.29) is 22.7 Å². The summed E-state index contributed by atoms with van der Waals surface area (Å²) in [4.78, 5) is 2.13. The van der Waals surface area contributed by atoms with Crippen LogP contribution in [0, 0.1) is 6.92 Å². The highest BCUT2D eigenvalue weighted by molar-refractivity contribution is 5.79. The maximum Gasteiger partial charge on any atom is 0.416 e. The summed E-state index contributed by atoms with van der Waals surface area (Å²) in [6, 6.07) is 9.81. The molecule has 2 aliphatic heterocycles. The molecule has 0 aromatic heterocycles. The van der Waals surface area contributed by atoms with Crippen molar-refractivity contribution in [1.82, 2.24) is 4.90 Å². The van der Waals surface area contributed by atoms with Gasteiger partial charge in [0.15, 0.2) is 0 Å². The van der Waals surface area contributed by atoms with Gasteiger partial charge in [-0.3, -0.25) is 4.48 Å². The van der Waals surface area contributed by atoms with Crippen molar-refractivity contribution in [1.29, 1.82) is 0 Å². The van der Waals surface area contributed by atoms with Gasteiger partial charge in [-0.05, 0) is 54.3 Å². The van der Waals surface area contributed by atoms with Gasteiger partial charge in [0.25, 0.3) is 0 Å². The zero-order valence-electron chi connectivity index (χ0n) is 20.4. The van der Waals surface area contributed by atoms with E-state index in [4.69, 9.17) is 4.74 Å². The number of ether oxygens (including phenoxy) is 1. The van der Waals surface area contributed by atoms with Gasteiger partial charge in [-0.15, -0.1) is 0 Å². The number of nitrogens with zero attached hydrogens (tertiary/aromatic N) is 2. The fraction of sp³-hybridized carbons (Fsp3) is 0.407. The second-order valence-corrected chi connectivity index (χ2v) is 9.74. The van der Waals surface area contributed by atoms with E-state index in [0.29, 0.717) is 32.8 Å². The van der Waals surface area contributed by atoms with Crippen LogP contribution in [0.2, 0.25) is 0 Å². The molecule has 2 aromatic rings. The fourth-order valence-corrected chi connectivity index (χ4v) is 5.16. The molecule has 9 heteroatoms. The Morgan fingerprint density at radius 3 is 2.03 bits per heavy atom. The third-order valence-corrected chi connectivity index (χ3v) is 6.82. The van der Waals surface area contributed by atoms with Gasteiger partial charge in [-0.2, -0.15) is 26.3 Å². The molecule has 3 nitrogen and oxygen atoms in total. The van der Waals surface area contributed by atoms with Crippen molar-refractivity contribution in [3.8, 4) is 0 Å². The third kappa shape index (κ3) is 5.47. The van der Waals surface area contributed by atoms with Gasteiger partial charge in [0.1, 0.15) is 13.1 Å². The Balaban J connectivity index is 1.80. The van der Waals surface area contributed by atoms with Crippen LogP contribution in [0.15, 0.2) is 59.9 Å². The SMILES string of the molecule is CC1=C(c2ccccc2C)C=C(N2CCOCC2)[N+](C)(Cc2cc(C(F)(F)F)cc(C(F)(F)F)c2)C1. The number of hydrogen-bond acceptors (Lipinski definition) is 2. The highest BCUT2D eigenvalue weighted by Crippen LogP contribution is 2.40. The number of rotatable bonds is 4. The number of benzene rings is 2. The quantitative estimate of drug-likeness (QED) is 0.337. The molecule has 36 heavy (non-hydrogen) atoms. The van der Waals surface area contributed by atoms with Crippen molar-refractivity contribution >= 4 is 5.57 Å². The van der Waals surface area contributed by atoms with E-state index >= 15 is 0 Å². The second kappa shape index (κ2) is 9.59. The molecule has 2 heterocycles. The summed E-state index contributed by atoms with van der Waals surface area (Å²) >= 11 is 0. The molecule has 1 unspecified atom stereocenters. The highest BCUT2D eigenvalue weighted by atomic mass is 19.4. The number of quaternary nitrogens is 1. The van der Waals surface area contributed by atoms with Crippen LogP contribution < -0.4 is 0 Å². The Hall–Kier alpha value is -2.78. The van der Waals surface area contributed by atoms with Crippen LogP contribution in [0.1, 0.15) is 34.7 Å². The molecule has 4 rings (SSSR count). The molecule has 0 radical (unpaired) electrons. The Bertz CT molecular complexity index is 1160. The van der Waals surface area contributed by atoms with Crippen molar-refractivity contribution in [2.45, 2.75) is 32.7 Å². The molecule has 2 aliphatic rings. The first-order chi connectivity index (χ1) is 16.8. The van der Waals surface area contributed by atoms with E-state index < -0.39 is 23.5 Å². The van der Waals surface area contributed by atoms with Crippen LogP contribution in [-0.2, 0) is 23.6 Å². The molecule has 194 valence electrons. The van der Waals surface area contributed by atoms with E-state index in [1.54, 1.807) is 0 Å². The lowest BCUT2D eigenvalue weighted by Gasteiger charge is -2.45. The van der Waals surface area contributed by atoms with Gasteiger partial charge in [0, 0.05) is 24.7 Å². The zero-order valence-corrected chi connectivity index (χ0v) is 20.4. The summed E-state index contributed by atoms with van der Waals surface area (Å²) in [6.45, 7) is 6.61. The molecule has 1 saturated heterocycles. The number of aryl methyl sites for hydroxylation is 1. The molecule has 2 aromatic carbocycles. The number of likely N-dealkylation sites (N-methyl/N-ethyl adjacent to an activating group) is 1. The summed E-state index contributed by atoms with van der Waals surface area (Å²) < 4.78 is 86.7. The molecule has 1 fully saturated rings. The average molecular weight is 512 g/mol. The maximum absolute atomic E-state index is 13.5. The topological polar surface area (TPSA) is 12.5 Å². The van der Waals surface area contributed by atoms with Crippen molar-refractivity contribution in [2.24, 2.45) is 0 Å². The zero-order chi connectivity index (χ0) is 26.3. The Morgan fingerprint density at radius 2 is 1.47 bits per heavy atom. The van der Waals surface area contributed by atoms with Crippen LogP contribution >= 0.6 is 0 Å². The molecule has 1 atom stereocenters. The second-order valence-electron chi connectivity index (χ2n) is 9.74. The summed E-state index contributed by atoms with van der Waals surface area (Å²) in [5, 5.41) is 0. The van der Waals surface area contributed by atoms with Crippen molar-refractivity contribution in [3.63, 3.8) is 0 Å². The molecule has 0 spiro atoms. The number of halogens is 6. The van der Waals surface area contributed by atoms with Crippen molar-refractivity contribution < 1.29 is 35.6 Å². The van der Waals surface area contributed by atoms with Gasteiger partial charge >= 0.3 is 12.4 Å². The Morgan fingerprint density at radius 1 is 0.889 bits per heavy atom. The first-order valence-electron chi connectivity index (χ1n) is 11.7. The van der Waals surface area contributed by atoms with E-state index in [0.717, 1.165) is 40.2 Å².